The minimum Gasteiger partial charge on any atom is -0.396 e. The minimum atomic E-state index is 0.0324. The summed E-state index contributed by atoms with van der Waals surface area (Å²) < 4.78 is 5.62. The van der Waals surface area contributed by atoms with Crippen molar-refractivity contribution in [1.29, 1.82) is 0 Å². The Kier molecular flexibility index (Phi) is 8.81. The van der Waals surface area contributed by atoms with Crippen molar-refractivity contribution >= 4 is 5.96 Å². The molecule has 0 radical (unpaired) electrons. The second kappa shape index (κ2) is 11.4. The first kappa shape index (κ1) is 20.9. The highest BCUT2D eigenvalue weighted by Crippen LogP contribution is 2.13. The van der Waals surface area contributed by atoms with E-state index in [-0.39, 0.29) is 18.6 Å². The number of aliphatic hydroxyl groups is 1. The zero-order chi connectivity index (χ0) is 19.5. The summed E-state index contributed by atoms with van der Waals surface area (Å²) in [6.45, 7) is 6.10. The summed E-state index contributed by atoms with van der Waals surface area (Å²) >= 11 is 0. The van der Waals surface area contributed by atoms with E-state index < -0.39 is 0 Å². The lowest BCUT2D eigenvalue weighted by molar-refractivity contribution is 0.0657. The van der Waals surface area contributed by atoms with E-state index in [1.54, 1.807) is 7.05 Å². The van der Waals surface area contributed by atoms with Gasteiger partial charge in [0.2, 0.25) is 0 Å². The molecule has 0 aromatic heterocycles. The first-order valence-electron chi connectivity index (χ1n) is 9.42. The number of nitrogens with one attached hydrogen (secondary N) is 2. The Labute approximate surface area is 162 Å². The molecule has 2 aromatic rings. The van der Waals surface area contributed by atoms with Crippen molar-refractivity contribution in [1.82, 2.24) is 10.6 Å². The van der Waals surface area contributed by atoms with Gasteiger partial charge in [0.25, 0.3) is 0 Å². The lowest BCUT2D eigenvalue weighted by atomic mass is 10.0. The zero-order valence-corrected chi connectivity index (χ0v) is 16.5. The monoisotopic (exact) mass is 369 g/mol. The van der Waals surface area contributed by atoms with Crippen molar-refractivity contribution < 1.29 is 9.84 Å². The topological polar surface area (TPSA) is 65.9 Å². The molecule has 1 unspecified atom stereocenters. The summed E-state index contributed by atoms with van der Waals surface area (Å²) in [5, 5.41) is 16.3. The van der Waals surface area contributed by atoms with E-state index in [1.165, 1.54) is 11.1 Å². The predicted octanol–water partition coefficient (Wildman–Crippen LogP) is 3.05. The van der Waals surface area contributed by atoms with Crippen LogP contribution in [-0.4, -0.2) is 37.4 Å². The van der Waals surface area contributed by atoms with Crippen molar-refractivity contribution in [2.24, 2.45) is 4.99 Å². The molecule has 0 aliphatic rings. The predicted molar refractivity (Wildman–Crippen MR) is 111 cm³/mol. The zero-order valence-electron chi connectivity index (χ0n) is 16.5. The number of aliphatic imine (C=N–C) groups is 1. The molecule has 0 fully saturated rings. The first-order chi connectivity index (χ1) is 13.1. The molecule has 146 valence electrons. The second-order valence-corrected chi connectivity index (χ2v) is 6.77. The van der Waals surface area contributed by atoms with Gasteiger partial charge in [0.1, 0.15) is 0 Å². The fraction of sp³-hybridized carbons (Fsp3) is 0.409. The van der Waals surface area contributed by atoms with Gasteiger partial charge in [-0.2, -0.15) is 0 Å². The van der Waals surface area contributed by atoms with Crippen molar-refractivity contribution in [3.05, 3.63) is 71.3 Å². The fourth-order valence-electron chi connectivity index (χ4n) is 2.66. The van der Waals surface area contributed by atoms with Gasteiger partial charge in [0.15, 0.2) is 5.96 Å². The van der Waals surface area contributed by atoms with Crippen molar-refractivity contribution in [2.45, 2.75) is 39.0 Å². The Hall–Kier alpha value is -2.37. The number of nitrogens with zero attached hydrogens (tertiary/aromatic N) is 1. The van der Waals surface area contributed by atoms with Crippen molar-refractivity contribution in [2.75, 3.05) is 20.2 Å². The quantitative estimate of drug-likeness (QED) is 0.469. The Balaban J connectivity index is 1.81. The van der Waals surface area contributed by atoms with Crippen LogP contribution in [0.4, 0.5) is 0 Å². The smallest absolute Gasteiger partial charge is 0.191 e. The van der Waals surface area contributed by atoms with Gasteiger partial charge in [-0.1, -0.05) is 54.6 Å². The molecule has 5 nitrogen and oxygen atoms in total. The molecule has 0 bridgehead atoms. The highest BCUT2D eigenvalue weighted by Gasteiger charge is 2.10. The molecule has 5 heteroatoms. The lowest BCUT2D eigenvalue weighted by Crippen LogP contribution is -2.39. The summed E-state index contributed by atoms with van der Waals surface area (Å²) in [5.74, 6) is 0.751. The number of ether oxygens (including phenoxy) is 1. The number of guanidine groups is 1. The third kappa shape index (κ3) is 7.41. The molecule has 27 heavy (non-hydrogen) atoms. The van der Waals surface area contributed by atoms with Gasteiger partial charge in [0.05, 0.1) is 19.3 Å². The van der Waals surface area contributed by atoms with E-state index in [4.69, 9.17) is 4.74 Å². The van der Waals surface area contributed by atoms with Gasteiger partial charge in [-0.05, 0) is 30.5 Å². The SMILES string of the molecule is CN=C(NCc1ccc(COC(C)C)cc1)NCC(CO)c1ccccc1. The highest BCUT2D eigenvalue weighted by atomic mass is 16.5. The molecule has 3 N–H and O–H groups in total. The molecular formula is C22H31N3O2. The highest BCUT2D eigenvalue weighted by molar-refractivity contribution is 5.79. The number of hydrogen-bond acceptors (Lipinski definition) is 3. The summed E-state index contributed by atoms with van der Waals surface area (Å²) in [6, 6.07) is 18.4. The molecule has 0 saturated heterocycles. The van der Waals surface area contributed by atoms with Crippen LogP contribution in [0.3, 0.4) is 0 Å². The first-order valence-corrected chi connectivity index (χ1v) is 9.42. The number of aliphatic hydroxyl groups excluding tert-OH is 1. The van der Waals surface area contributed by atoms with Gasteiger partial charge >= 0.3 is 0 Å². The number of rotatable bonds is 9. The maximum Gasteiger partial charge on any atom is 0.191 e. The van der Waals surface area contributed by atoms with E-state index >= 15 is 0 Å². The van der Waals surface area contributed by atoms with Crippen LogP contribution in [0.2, 0.25) is 0 Å². The van der Waals surface area contributed by atoms with Crippen LogP contribution in [0, 0.1) is 0 Å². The van der Waals surface area contributed by atoms with Gasteiger partial charge in [0, 0.05) is 26.1 Å². The number of benzene rings is 2. The normalized spacial score (nSPS) is 12.9. The van der Waals surface area contributed by atoms with Gasteiger partial charge in [-0.15, -0.1) is 0 Å². The average Bonchev–Trinajstić information content (AvgIpc) is 2.70. The Morgan fingerprint density at radius 2 is 1.67 bits per heavy atom. The molecule has 2 aromatic carbocycles. The maximum absolute atomic E-state index is 9.67. The van der Waals surface area contributed by atoms with Crippen LogP contribution in [0.1, 0.15) is 36.5 Å². The Morgan fingerprint density at radius 1 is 1.00 bits per heavy atom. The summed E-state index contributed by atoms with van der Waals surface area (Å²) in [4.78, 5) is 4.26. The Bertz CT molecular complexity index is 684. The second-order valence-electron chi connectivity index (χ2n) is 6.77. The van der Waals surface area contributed by atoms with Crippen LogP contribution >= 0.6 is 0 Å². The molecule has 1 atom stereocenters. The van der Waals surface area contributed by atoms with E-state index in [9.17, 15) is 5.11 Å². The van der Waals surface area contributed by atoms with E-state index in [0.717, 1.165) is 11.5 Å². The van der Waals surface area contributed by atoms with Crippen molar-refractivity contribution in [3.63, 3.8) is 0 Å². The van der Waals surface area contributed by atoms with E-state index in [2.05, 4.69) is 39.9 Å². The van der Waals surface area contributed by atoms with Crippen LogP contribution in [0.15, 0.2) is 59.6 Å². The van der Waals surface area contributed by atoms with Crippen molar-refractivity contribution in [3.8, 4) is 0 Å². The number of hydrogen-bond donors (Lipinski definition) is 3. The molecule has 0 heterocycles. The molecule has 0 spiro atoms. The van der Waals surface area contributed by atoms with Crippen LogP contribution in [0.5, 0.6) is 0 Å². The van der Waals surface area contributed by atoms with Crippen LogP contribution in [0.25, 0.3) is 0 Å². The van der Waals surface area contributed by atoms with Crippen LogP contribution in [-0.2, 0) is 17.9 Å². The largest absolute Gasteiger partial charge is 0.396 e. The van der Waals surface area contributed by atoms with E-state index in [0.29, 0.717) is 19.7 Å². The molecule has 2 rings (SSSR count). The molecule has 0 aliphatic carbocycles. The lowest BCUT2D eigenvalue weighted by Gasteiger charge is -2.18. The Morgan fingerprint density at radius 3 is 2.26 bits per heavy atom. The maximum atomic E-state index is 9.67. The third-order valence-corrected chi connectivity index (χ3v) is 4.30. The van der Waals surface area contributed by atoms with Gasteiger partial charge in [-0.25, -0.2) is 0 Å². The summed E-state index contributed by atoms with van der Waals surface area (Å²) in [7, 11) is 1.75. The minimum absolute atomic E-state index is 0.0324. The standard InChI is InChI=1S/C22H31N3O2/c1-17(2)27-16-19-11-9-18(10-12-19)13-24-22(23-3)25-14-21(15-26)20-7-5-4-6-8-20/h4-12,17,21,26H,13-16H2,1-3H3,(H2,23,24,25). The van der Waals surface area contributed by atoms with Gasteiger partial charge in [-0.3, -0.25) is 4.99 Å². The molecular weight excluding hydrogens is 338 g/mol. The molecule has 0 saturated carbocycles. The summed E-state index contributed by atoms with van der Waals surface area (Å²) in [5.41, 5.74) is 3.46. The fourth-order valence-corrected chi connectivity index (χ4v) is 2.66. The average molecular weight is 370 g/mol. The van der Waals surface area contributed by atoms with Crippen LogP contribution < -0.4 is 10.6 Å². The van der Waals surface area contributed by atoms with Gasteiger partial charge < -0.3 is 20.5 Å². The third-order valence-electron chi connectivity index (χ3n) is 4.30. The molecule has 0 amide bonds. The molecule has 0 aliphatic heterocycles. The summed E-state index contributed by atoms with van der Waals surface area (Å²) in [6.07, 6.45) is 0.236. The van der Waals surface area contributed by atoms with E-state index in [1.807, 2.05) is 44.2 Å².